The van der Waals surface area contributed by atoms with Crippen molar-refractivity contribution in [1.29, 1.82) is 0 Å². The molecule has 2 aromatic carbocycles. The number of ether oxygens (including phenoxy) is 2. The van der Waals surface area contributed by atoms with Crippen molar-refractivity contribution >= 4 is 29.2 Å². The quantitative estimate of drug-likeness (QED) is 0.453. The zero-order chi connectivity index (χ0) is 22.8. The molecule has 0 saturated heterocycles. The third-order valence-corrected chi connectivity index (χ3v) is 5.34. The van der Waals surface area contributed by atoms with Crippen molar-refractivity contribution in [2.45, 2.75) is 19.8 Å². The molecule has 2 aromatic rings. The normalized spacial score (nSPS) is 11.1. The minimum absolute atomic E-state index is 0.0821. The van der Waals surface area contributed by atoms with Crippen LogP contribution in [0.15, 0.2) is 41.4 Å². The standard InChI is InChI=1S/C23H31ClN4O3/c1-16-18(24)7-6-8-19(16)27-22(29)11-13-26-23(25-2)28(3)14-12-17-9-10-20(30-4)21(15-17)31-5/h6-10,15H,11-14H2,1-5H3,(H,25,26)(H,27,29). The molecular formula is C23H31ClN4O3. The second-order valence-electron chi connectivity index (χ2n) is 7.05. The van der Waals surface area contributed by atoms with Crippen molar-refractivity contribution < 1.29 is 14.3 Å². The molecule has 0 saturated carbocycles. The zero-order valence-corrected chi connectivity index (χ0v) is 19.5. The molecule has 168 valence electrons. The maximum atomic E-state index is 12.3. The maximum absolute atomic E-state index is 12.3. The molecule has 0 aliphatic rings. The number of halogens is 1. The van der Waals surface area contributed by atoms with Gasteiger partial charge in [0.25, 0.3) is 0 Å². The number of rotatable bonds is 9. The molecule has 0 aliphatic heterocycles. The Morgan fingerprint density at radius 2 is 1.90 bits per heavy atom. The first-order chi connectivity index (χ1) is 14.9. The van der Waals surface area contributed by atoms with E-state index in [1.165, 1.54) is 0 Å². The van der Waals surface area contributed by atoms with Crippen molar-refractivity contribution in [2.24, 2.45) is 4.99 Å². The first-order valence-corrected chi connectivity index (χ1v) is 10.4. The number of hydrogen-bond acceptors (Lipinski definition) is 4. The van der Waals surface area contributed by atoms with Gasteiger partial charge in [0.15, 0.2) is 17.5 Å². The molecule has 0 unspecified atom stereocenters. The van der Waals surface area contributed by atoms with Crippen LogP contribution in [0.2, 0.25) is 5.02 Å². The monoisotopic (exact) mass is 446 g/mol. The third-order valence-electron chi connectivity index (χ3n) is 4.93. The van der Waals surface area contributed by atoms with Crippen LogP contribution >= 0.6 is 11.6 Å². The Balaban J connectivity index is 1.81. The number of carbonyl (C=O) groups excluding carboxylic acids is 1. The summed E-state index contributed by atoms with van der Waals surface area (Å²) in [6.07, 6.45) is 1.13. The maximum Gasteiger partial charge on any atom is 0.226 e. The van der Waals surface area contributed by atoms with Gasteiger partial charge >= 0.3 is 0 Å². The molecule has 2 rings (SSSR count). The smallest absolute Gasteiger partial charge is 0.226 e. The van der Waals surface area contributed by atoms with Crippen LogP contribution in [0.3, 0.4) is 0 Å². The van der Waals surface area contributed by atoms with Gasteiger partial charge in [0.1, 0.15) is 0 Å². The van der Waals surface area contributed by atoms with Crippen LogP contribution in [-0.2, 0) is 11.2 Å². The lowest BCUT2D eigenvalue weighted by Crippen LogP contribution is -2.41. The van der Waals surface area contributed by atoms with Crippen molar-refractivity contribution in [3.8, 4) is 11.5 Å². The highest BCUT2D eigenvalue weighted by Crippen LogP contribution is 2.27. The molecule has 0 fully saturated rings. The molecule has 0 heterocycles. The number of amides is 1. The van der Waals surface area contributed by atoms with E-state index >= 15 is 0 Å². The summed E-state index contributed by atoms with van der Waals surface area (Å²) >= 11 is 6.10. The van der Waals surface area contributed by atoms with Crippen LogP contribution in [-0.4, -0.2) is 58.2 Å². The number of methoxy groups -OCH3 is 2. The van der Waals surface area contributed by atoms with Gasteiger partial charge in [0, 0.05) is 44.3 Å². The number of guanidine groups is 1. The Labute approximate surface area is 189 Å². The summed E-state index contributed by atoms with van der Waals surface area (Å²) in [6.45, 7) is 3.10. The van der Waals surface area contributed by atoms with Gasteiger partial charge in [0.2, 0.25) is 5.91 Å². The lowest BCUT2D eigenvalue weighted by atomic mass is 10.1. The van der Waals surface area contributed by atoms with Crippen LogP contribution in [0.5, 0.6) is 11.5 Å². The summed E-state index contributed by atoms with van der Waals surface area (Å²) < 4.78 is 10.6. The second-order valence-corrected chi connectivity index (χ2v) is 7.45. The molecule has 0 aliphatic carbocycles. The fraction of sp³-hybridized carbons (Fsp3) is 0.391. The third kappa shape index (κ3) is 7.07. The van der Waals surface area contributed by atoms with Crippen LogP contribution in [0, 0.1) is 6.92 Å². The van der Waals surface area contributed by atoms with Crippen LogP contribution in [0.1, 0.15) is 17.5 Å². The van der Waals surface area contributed by atoms with Crippen molar-refractivity contribution in [1.82, 2.24) is 10.2 Å². The van der Waals surface area contributed by atoms with Crippen molar-refractivity contribution in [3.63, 3.8) is 0 Å². The van der Waals surface area contributed by atoms with Gasteiger partial charge in [0.05, 0.1) is 14.2 Å². The molecule has 0 aromatic heterocycles. The molecule has 0 radical (unpaired) electrons. The van der Waals surface area contributed by atoms with Crippen molar-refractivity contribution in [3.05, 3.63) is 52.5 Å². The topological polar surface area (TPSA) is 75.2 Å². The number of nitrogens with one attached hydrogen (secondary N) is 2. The van der Waals surface area contributed by atoms with Crippen LogP contribution in [0.25, 0.3) is 0 Å². The minimum Gasteiger partial charge on any atom is -0.493 e. The number of carbonyl (C=O) groups is 1. The van der Waals surface area contributed by atoms with Crippen molar-refractivity contribution in [2.75, 3.05) is 46.7 Å². The average molecular weight is 447 g/mol. The number of benzene rings is 2. The molecule has 31 heavy (non-hydrogen) atoms. The Bertz CT molecular complexity index is 918. The SMILES string of the molecule is CN=C(NCCC(=O)Nc1cccc(Cl)c1C)N(C)CCc1ccc(OC)c(OC)c1. The fourth-order valence-corrected chi connectivity index (χ4v) is 3.24. The molecule has 1 amide bonds. The zero-order valence-electron chi connectivity index (χ0n) is 18.8. The number of anilines is 1. The van der Waals surface area contributed by atoms with Crippen LogP contribution < -0.4 is 20.1 Å². The Morgan fingerprint density at radius 1 is 1.16 bits per heavy atom. The van der Waals surface area contributed by atoms with E-state index in [2.05, 4.69) is 15.6 Å². The van der Waals surface area contributed by atoms with Gasteiger partial charge in [-0.25, -0.2) is 0 Å². The Morgan fingerprint density at radius 3 is 2.58 bits per heavy atom. The summed E-state index contributed by atoms with van der Waals surface area (Å²) in [5.41, 5.74) is 2.72. The summed E-state index contributed by atoms with van der Waals surface area (Å²) in [4.78, 5) is 18.6. The van der Waals surface area contributed by atoms with E-state index in [-0.39, 0.29) is 5.91 Å². The van der Waals surface area contributed by atoms with E-state index < -0.39 is 0 Å². The van der Waals surface area contributed by atoms with Gasteiger partial charge in [-0.1, -0.05) is 23.7 Å². The minimum atomic E-state index is -0.0821. The molecule has 8 heteroatoms. The molecule has 2 N–H and O–H groups in total. The van der Waals surface area contributed by atoms with Gasteiger partial charge < -0.3 is 25.0 Å². The number of likely N-dealkylation sites (N-methyl/N-ethyl adjacent to an activating group) is 1. The lowest BCUT2D eigenvalue weighted by Gasteiger charge is -2.22. The second kappa shape index (κ2) is 12.1. The van der Waals surface area contributed by atoms with Gasteiger partial charge in [-0.05, 0) is 48.7 Å². The summed E-state index contributed by atoms with van der Waals surface area (Å²) in [5.74, 6) is 2.07. The van der Waals surface area contributed by atoms with E-state index in [1.54, 1.807) is 27.3 Å². The number of nitrogens with zero attached hydrogens (tertiary/aromatic N) is 2. The molecule has 0 bridgehead atoms. The van der Waals surface area contributed by atoms with E-state index in [4.69, 9.17) is 21.1 Å². The molecule has 0 spiro atoms. The molecule has 0 atom stereocenters. The fourth-order valence-electron chi connectivity index (χ4n) is 3.07. The number of hydrogen-bond donors (Lipinski definition) is 2. The van der Waals surface area contributed by atoms with Gasteiger partial charge in [-0.15, -0.1) is 0 Å². The predicted octanol–water partition coefficient (Wildman–Crippen LogP) is 3.74. The number of aliphatic imine (C=N–C) groups is 1. The Hall–Kier alpha value is -2.93. The highest BCUT2D eigenvalue weighted by Gasteiger charge is 2.10. The summed E-state index contributed by atoms with van der Waals surface area (Å²) in [6, 6.07) is 11.4. The first-order valence-electron chi connectivity index (χ1n) is 10.1. The predicted molar refractivity (Wildman–Crippen MR) is 127 cm³/mol. The summed E-state index contributed by atoms with van der Waals surface area (Å²) in [5, 5.41) is 6.77. The highest BCUT2D eigenvalue weighted by atomic mass is 35.5. The van der Waals surface area contributed by atoms with Gasteiger partial charge in [-0.3, -0.25) is 9.79 Å². The highest BCUT2D eigenvalue weighted by molar-refractivity contribution is 6.31. The van der Waals surface area contributed by atoms with E-state index in [0.717, 1.165) is 35.7 Å². The Kier molecular flexibility index (Phi) is 9.46. The molecule has 7 nitrogen and oxygen atoms in total. The van der Waals surface area contributed by atoms with E-state index in [0.29, 0.717) is 29.5 Å². The molecular weight excluding hydrogens is 416 g/mol. The van der Waals surface area contributed by atoms with Gasteiger partial charge in [-0.2, -0.15) is 0 Å². The van der Waals surface area contributed by atoms with E-state index in [1.807, 2.05) is 49.2 Å². The summed E-state index contributed by atoms with van der Waals surface area (Å²) in [7, 11) is 6.94. The largest absolute Gasteiger partial charge is 0.493 e. The van der Waals surface area contributed by atoms with E-state index in [9.17, 15) is 4.79 Å². The average Bonchev–Trinajstić information content (AvgIpc) is 2.77. The van der Waals surface area contributed by atoms with Crippen LogP contribution in [0.4, 0.5) is 5.69 Å². The first kappa shape index (κ1) is 24.3. The lowest BCUT2D eigenvalue weighted by molar-refractivity contribution is -0.116.